The predicted octanol–water partition coefficient (Wildman–Crippen LogP) is 4.90. The van der Waals surface area contributed by atoms with Crippen LogP contribution in [0.25, 0.3) is 0 Å². The summed E-state index contributed by atoms with van der Waals surface area (Å²) in [5, 5.41) is 3.96. The first kappa shape index (κ1) is 26.1. The summed E-state index contributed by atoms with van der Waals surface area (Å²) in [6, 6.07) is 14.4. The maximum atomic E-state index is 12.7. The number of rotatable bonds is 9. The third-order valence-corrected chi connectivity index (χ3v) is 6.33. The second-order valence-electron chi connectivity index (χ2n) is 7.52. The lowest BCUT2D eigenvalue weighted by atomic mass is 10.1. The van der Waals surface area contributed by atoms with E-state index in [2.05, 4.69) is 10.5 Å². The smallest absolute Gasteiger partial charge is 0.339 e. The Morgan fingerprint density at radius 2 is 1.71 bits per heavy atom. The number of halogens is 1. The number of benzene rings is 3. The Kier molecular flexibility index (Phi) is 8.37. The molecule has 1 amide bonds. The minimum Gasteiger partial charge on any atom is -0.496 e. The van der Waals surface area contributed by atoms with Gasteiger partial charge >= 0.3 is 10.1 Å². The number of methoxy groups -OCH3 is 1. The van der Waals surface area contributed by atoms with Crippen LogP contribution in [0.15, 0.2) is 64.6 Å². The fourth-order valence-corrected chi connectivity index (χ4v) is 4.34. The van der Waals surface area contributed by atoms with Gasteiger partial charge in [-0.15, -0.1) is 0 Å². The number of hydrogen-bond acceptors (Lipinski definition) is 7. The van der Waals surface area contributed by atoms with Gasteiger partial charge in [0.1, 0.15) is 10.6 Å². The molecule has 0 aliphatic heterocycles. The molecule has 3 aromatic carbocycles. The highest BCUT2D eigenvalue weighted by atomic mass is 35.5. The zero-order chi connectivity index (χ0) is 25.6. The van der Waals surface area contributed by atoms with E-state index in [1.807, 2.05) is 13.8 Å². The maximum Gasteiger partial charge on any atom is 0.339 e. The zero-order valence-corrected chi connectivity index (χ0v) is 21.2. The van der Waals surface area contributed by atoms with Gasteiger partial charge in [-0.25, -0.2) is 5.43 Å². The molecular weight excluding hydrogens is 492 g/mol. The van der Waals surface area contributed by atoms with Crippen LogP contribution in [0, 0.1) is 13.8 Å². The lowest BCUT2D eigenvalue weighted by molar-refractivity contribution is 0.0952. The van der Waals surface area contributed by atoms with E-state index in [0.717, 1.165) is 11.1 Å². The van der Waals surface area contributed by atoms with Gasteiger partial charge in [0.25, 0.3) is 5.91 Å². The van der Waals surface area contributed by atoms with Crippen molar-refractivity contribution >= 4 is 33.8 Å². The summed E-state index contributed by atoms with van der Waals surface area (Å²) in [5.74, 6) is -0.0580. The Morgan fingerprint density at radius 1 is 1.03 bits per heavy atom. The quantitative estimate of drug-likeness (QED) is 0.246. The Morgan fingerprint density at radius 3 is 2.37 bits per heavy atom. The highest BCUT2D eigenvalue weighted by Crippen LogP contribution is 2.38. The highest BCUT2D eigenvalue weighted by Gasteiger charge is 2.22. The summed E-state index contributed by atoms with van der Waals surface area (Å²) < 4.78 is 41.6. The zero-order valence-electron chi connectivity index (χ0n) is 19.7. The van der Waals surface area contributed by atoms with Crippen molar-refractivity contribution in [2.45, 2.75) is 25.7 Å². The van der Waals surface area contributed by atoms with Crippen LogP contribution in [0.5, 0.6) is 17.2 Å². The van der Waals surface area contributed by atoms with Gasteiger partial charge in [0.15, 0.2) is 5.75 Å². The first-order chi connectivity index (χ1) is 16.6. The van der Waals surface area contributed by atoms with Crippen molar-refractivity contribution in [3.8, 4) is 17.2 Å². The van der Waals surface area contributed by atoms with E-state index in [-0.39, 0.29) is 28.0 Å². The number of hydrogen-bond donors (Lipinski definition) is 1. The lowest BCUT2D eigenvalue weighted by Gasteiger charge is -2.14. The van der Waals surface area contributed by atoms with Crippen molar-refractivity contribution in [2.75, 3.05) is 13.7 Å². The molecule has 3 aromatic rings. The SMILES string of the molecule is CCOc1cc(/C=N\NC(=O)c2ccc(C)cc2OC)cc(Cl)c1OS(=O)(=O)c1ccc(C)cc1. The van der Waals surface area contributed by atoms with Gasteiger partial charge in [0.05, 0.1) is 30.5 Å². The van der Waals surface area contributed by atoms with Gasteiger partial charge in [-0.2, -0.15) is 13.5 Å². The van der Waals surface area contributed by atoms with Crippen LogP contribution in [-0.4, -0.2) is 34.3 Å². The van der Waals surface area contributed by atoms with E-state index < -0.39 is 16.0 Å². The minimum absolute atomic E-state index is 0.000355. The summed E-state index contributed by atoms with van der Waals surface area (Å²) in [6.45, 7) is 5.71. The summed E-state index contributed by atoms with van der Waals surface area (Å²) >= 11 is 6.35. The molecule has 0 radical (unpaired) electrons. The van der Waals surface area contributed by atoms with Gasteiger partial charge in [-0.05, 0) is 68.3 Å². The summed E-state index contributed by atoms with van der Waals surface area (Å²) in [4.78, 5) is 12.5. The van der Waals surface area contributed by atoms with E-state index in [9.17, 15) is 13.2 Å². The highest BCUT2D eigenvalue weighted by molar-refractivity contribution is 7.87. The molecule has 0 bridgehead atoms. The van der Waals surface area contributed by atoms with Gasteiger partial charge in [-0.1, -0.05) is 35.4 Å². The number of carbonyl (C=O) groups is 1. The van der Waals surface area contributed by atoms with Crippen molar-refractivity contribution in [2.24, 2.45) is 5.10 Å². The number of aryl methyl sites for hydroxylation is 2. The molecule has 0 heterocycles. The summed E-state index contributed by atoms with van der Waals surface area (Å²) in [6.07, 6.45) is 1.35. The van der Waals surface area contributed by atoms with Crippen LogP contribution in [-0.2, 0) is 10.1 Å². The van der Waals surface area contributed by atoms with E-state index in [1.165, 1.54) is 37.6 Å². The summed E-state index contributed by atoms with van der Waals surface area (Å²) in [7, 11) is -2.66. The van der Waals surface area contributed by atoms with Gasteiger partial charge in [0, 0.05) is 0 Å². The molecule has 0 aliphatic rings. The lowest BCUT2D eigenvalue weighted by Crippen LogP contribution is -2.18. The molecule has 0 aliphatic carbocycles. The van der Waals surface area contributed by atoms with E-state index in [0.29, 0.717) is 16.9 Å². The molecule has 8 nitrogen and oxygen atoms in total. The molecule has 35 heavy (non-hydrogen) atoms. The Labute approximate surface area is 209 Å². The predicted molar refractivity (Wildman–Crippen MR) is 134 cm³/mol. The number of hydrazone groups is 1. The van der Waals surface area contributed by atoms with Crippen molar-refractivity contribution in [3.05, 3.63) is 81.9 Å². The fraction of sp³-hybridized carbons (Fsp3) is 0.200. The van der Waals surface area contributed by atoms with Crippen LogP contribution in [0.2, 0.25) is 5.02 Å². The summed E-state index contributed by atoms with van der Waals surface area (Å²) in [5.41, 5.74) is 5.07. The molecule has 10 heteroatoms. The third-order valence-electron chi connectivity index (χ3n) is 4.82. The molecule has 3 rings (SSSR count). The van der Waals surface area contributed by atoms with Crippen molar-refractivity contribution in [1.29, 1.82) is 0 Å². The standard InChI is InChI=1S/C25H25ClN2O6S/c1-5-33-23-14-18(15-27-28-25(29)20-11-8-17(3)12-22(20)32-4)13-21(26)24(23)34-35(30,31)19-9-6-16(2)7-10-19/h6-15H,5H2,1-4H3,(H,28,29)/b27-15-. The van der Waals surface area contributed by atoms with Gasteiger partial charge < -0.3 is 13.7 Å². The Balaban J connectivity index is 1.83. The topological polar surface area (TPSA) is 103 Å². The molecule has 184 valence electrons. The normalized spacial score (nSPS) is 11.3. The van der Waals surface area contributed by atoms with Crippen LogP contribution >= 0.6 is 11.6 Å². The van der Waals surface area contributed by atoms with Crippen LogP contribution in [0.1, 0.15) is 34.0 Å². The second-order valence-corrected chi connectivity index (χ2v) is 9.47. The van der Waals surface area contributed by atoms with Crippen LogP contribution in [0.4, 0.5) is 0 Å². The maximum absolute atomic E-state index is 12.7. The first-order valence-electron chi connectivity index (χ1n) is 10.6. The molecule has 1 N–H and O–H groups in total. The van der Waals surface area contributed by atoms with Crippen molar-refractivity contribution < 1.29 is 26.9 Å². The van der Waals surface area contributed by atoms with Crippen molar-refractivity contribution in [1.82, 2.24) is 5.43 Å². The Hall–Kier alpha value is -3.56. The van der Waals surface area contributed by atoms with Crippen LogP contribution < -0.4 is 19.1 Å². The second kappa shape index (κ2) is 11.2. The number of amides is 1. The van der Waals surface area contributed by atoms with Gasteiger partial charge in [0.2, 0.25) is 5.75 Å². The molecule has 0 aromatic heterocycles. The molecule has 0 spiro atoms. The van der Waals surface area contributed by atoms with Crippen LogP contribution in [0.3, 0.4) is 0 Å². The average Bonchev–Trinajstić information content (AvgIpc) is 2.81. The van der Waals surface area contributed by atoms with E-state index >= 15 is 0 Å². The number of ether oxygens (including phenoxy) is 2. The molecule has 0 saturated carbocycles. The molecule has 0 fully saturated rings. The average molecular weight is 517 g/mol. The van der Waals surface area contributed by atoms with E-state index in [1.54, 1.807) is 37.3 Å². The Bertz CT molecular complexity index is 1360. The number of nitrogens with zero attached hydrogens (tertiary/aromatic N) is 1. The number of carbonyl (C=O) groups excluding carboxylic acids is 1. The monoisotopic (exact) mass is 516 g/mol. The molecule has 0 saturated heterocycles. The largest absolute Gasteiger partial charge is 0.496 e. The van der Waals surface area contributed by atoms with Gasteiger partial charge in [-0.3, -0.25) is 4.79 Å². The minimum atomic E-state index is -4.14. The molecule has 0 atom stereocenters. The molecule has 0 unspecified atom stereocenters. The number of nitrogens with one attached hydrogen (secondary N) is 1. The third kappa shape index (κ3) is 6.52. The van der Waals surface area contributed by atoms with Crippen molar-refractivity contribution in [3.63, 3.8) is 0 Å². The molecular formula is C25H25ClN2O6S. The fourth-order valence-electron chi connectivity index (χ4n) is 3.08. The van der Waals surface area contributed by atoms with E-state index in [4.69, 9.17) is 25.3 Å². The first-order valence-corrected chi connectivity index (χ1v) is 12.4.